The zero-order valence-electron chi connectivity index (χ0n) is 10.5. The van der Waals surface area contributed by atoms with Gasteiger partial charge in [-0.2, -0.15) is 0 Å². The number of nitrogens with two attached hydrogens (primary N) is 1. The minimum absolute atomic E-state index is 0.00935. The van der Waals surface area contributed by atoms with Crippen LogP contribution in [0.15, 0.2) is 23.1 Å². The number of fused-ring (bicyclic) bond motifs is 1. The lowest BCUT2D eigenvalue weighted by atomic mass is 10.3. The van der Waals surface area contributed by atoms with Gasteiger partial charge in [-0.25, -0.2) is 13.1 Å². The highest BCUT2D eigenvalue weighted by molar-refractivity contribution is 7.91. The molecule has 1 heterocycles. The van der Waals surface area contributed by atoms with E-state index < -0.39 is 16.4 Å². The topological polar surface area (TPSA) is 111 Å². The van der Waals surface area contributed by atoms with Crippen LogP contribution in [-0.4, -0.2) is 47.4 Å². The normalized spacial score (nSPS) is 13.8. The quantitative estimate of drug-likeness (QED) is 0.781. The average Bonchev–Trinajstić information content (AvgIpc) is 2.80. The van der Waals surface area contributed by atoms with Crippen LogP contribution in [0, 0.1) is 0 Å². The molecule has 0 fully saturated rings. The summed E-state index contributed by atoms with van der Waals surface area (Å²) in [4.78, 5) is 0.140. The molecule has 0 spiro atoms. The van der Waals surface area contributed by atoms with E-state index in [4.69, 9.17) is 10.8 Å². The Hall–Kier alpha value is -1.51. The Bertz CT molecular complexity index is 680. The summed E-state index contributed by atoms with van der Waals surface area (Å²) in [6.07, 6.45) is 0. The van der Waals surface area contributed by atoms with Crippen molar-refractivity contribution in [2.24, 2.45) is 5.73 Å². The van der Waals surface area contributed by atoms with E-state index in [9.17, 15) is 8.42 Å². The van der Waals surface area contributed by atoms with Crippen molar-refractivity contribution >= 4 is 20.9 Å². The van der Waals surface area contributed by atoms with Crippen LogP contribution in [0.1, 0.15) is 13.0 Å². The Labute approximate surface area is 110 Å². The van der Waals surface area contributed by atoms with Crippen molar-refractivity contribution in [1.29, 1.82) is 0 Å². The van der Waals surface area contributed by atoms with E-state index in [0.717, 1.165) is 5.52 Å². The van der Waals surface area contributed by atoms with Gasteiger partial charge in [0.15, 0.2) is 9.84 Å². The smallest absolute Gasteiger partial charge is 0.180 e. The van der Waals surface area contributed by atoms with Gasteiger partial charge in [-0.05, 0) is 25.1 Å². The Morgan fingerprint density at radius 3 is 2.84 bits per heavy atom. The number of nitrogens with zero attached hydrogens (tertiary/aromatic N) is 3. The minimum atomic E-state index is -3.47. The molecule has 2 aromatic rings. The number of benzene rings is 1. The number of aliphatic hydroxyl groups is 1. The van der Waals surface area contributed by atoms with Crippen molar-refractivity contribution in [1.82, 2.24) is 15.0 Å². The van der Waals surface area contributed by atoms with Crippen LogP contribution in [0.4, 0.5) is 0 Å². The summed E-state index contributed by atoms with van der Waals surface area (Å²) >= 11 is 0. The maximum absolute atomic E-state index is 11.8. The molecule has 0 aliphatic carbocycles. The second kappa shape index (κ2) is 5.24. The van der Waals surface area contributed by atoms with Gasteiger partial charge in [0.2, 0.25) is 0 Å². The third-order valence-electron chi connectivity index (χ3n) is 2.92. The van der Waals surface area contributed by atoms with E-state index in [-0.39, 0.29) is 16.7 Å². The molecule has 2 rings (SSSR count). The van der Waals surface area contributed by atoms with E-state index in [0.29, 0.717) is 12.1 Å². The summed E-state index contributed by atoms with van der Waals surface area (Å²) in [5, 5.41) is 16.7. The minimum Gasteiger partial charge on any atom is -0.395 e. The molecule has 0 aliphatic heterocycles. The number of sulfone groups is 1. The third kappa shape index (κ3) is 2.60. The molecule has 19 heavy (non-hydrogen) atoms. The summed E-state index contributed by atoms with van der Waals surface area (Å²) in [5.41, 5.74) is 6.82. The van der Waals surface area contributed by atoms with E-state index >= 15 is 0 Å². The lowest BCUT2D eigenvalue weighted by Gasteiger charge is -2.09. The fourth-order valence-corrected chi connectivity index (χ4v) is 2.82. The summed E-state index contributed by atoms with van der Waals surface area (Å²) in [6.45, 7) is 1.92. The number of aromatic nitrogens is 3. The number of hydrogen-bond donors (Lipinski definition) is 2. The van der Waals surface area contributed by atoms with Crippen LogP contribution in [-0.2, 0) is 9.84 Å². The molecule has 1 atom stereocenters. The monoisotopic (exact) mass is 284 g/mol. The fraction of sp³-hybridized carbons (Fsp3) is 0.455. The molecule has 1 aromatic heterocycles. The van der Waals surface area contributed by atoms with Crippen LogP contribution >= 0.6 is 0 Å². The number of rotatable bonds is 5. The SMILES string of the molecule is CC(CN)n1nnc2cc(S(=O)(=O)CCO)ccc21. The molecule has 104 valence electrons. The van der Waals surface area contributed by atoms with Crippen molar-refractivity contribution in [2.45, 2.75) is 17.9 Å². The van der Waals surface area contributed by atoms with Gasteiger partial charge in [0.25, 0.3) is 0 Å². The molecule has 0 bridgehead atoms. The first-order chi connectivity index (χ1) is 8.99. The highest BCUT2D eigenvalue weighted by atomic mass is 32.2. The maximum atomic E-state index is 11.8. The summed E-state index contributed by atoms with van der Waals surface area (Å²) in [6, 6.07) is 4.61. The molecule has 7 nitrogen and oxygen atoms in total. The molecule has 3 N–H and O–H groups in total. The van der Waals surface area contributed by atoms with E-state index in [1.165, 1.54) is 12.1 Å². The van der Waals surface area contributed by atoms with Crippen molar-refractivity contribution in [3.05, 3.63) is 18.2 Å². The Morgan fingerprint density at radius 2 is 2.21 bits per heavy atom. The Kier molecular flexibility index (Phi) is 3.83. The first-order valence-electron chi connectivity index (χ1n) is 5.88. The van der Waals surface area contributed by atoms with E-state index in [1.54, 1.807) is 10.7 Å². The zero-order chi connectivity index (χ0) is 14.0. The fourth-order valence-electron chi connectivity index (χ4n) is 1.78. The lowest BCUT2D eigenvalue weighted by Crippen LogP contribution is -2.17. The molecule has 0 saturated heterocycles. The maximum Gasteiger partial charge on any atom is 0.180 e. The van der Waals surface area contributed by atoms with Gasteiger partial charge >= 0.3 is 0 Å². The highest BCUT2D eigenvalue weighted by Gasteiger charge is 2.17. The van der Waals surface area contributed by atoms with Gasteiger partial charge in [-0.1, -0.05) is 5.21 Å². The van der Waals surface area contributed by atoms with Crippen LogP contribution in [0.25, 0.3) is 11.0 Å². The molecule has 1 unspecified atom stereocenters. The molecule has 0 saturated carbocycles. The second-order valence-corrected chi connectivity index (χ2v) is 6.42. The second-order valence-electron chi connectivity index (χ2n) is 4.31. The highest BCUT2D eigenvalue weighted by Crippen LogP contribution is 2.20. The van der Waals surface area contributed by atoms with Gasteiger partial charge in [0.1, 0.15) is 5.52 Å². The summed E-state index contributed by atoms with van der Waals surface area (Å²) in [5.74, 6) is -0.300. The molecular weight excluding hydrogens is 268 g/mol. The largest absolute Gasteiger partial charge is 0.395 e. The van der Waals surface area contributed by atoms with Gasteiger partial charge in [-0.3, -0.25) is 0 Å². The van der Waals surface area contributed by atoms with Gasteiger partial charge in [0, 0.05) is 6.54 Å². The van der Waals surface area contributed by atoms with Crippen LogP contribution in [0.2, 0.25) is 0 Å². The molecule has 0 amide bonds. The van der Waals surface area contributed by atoms with Gasteiger partial charge in [0.05, 0.1) is 28.8 Å². The third-order valence-corrected chi connectivity index (χ3v) is 4.61. The van der Waals surface area contributed by atoms with Crippen molar-refractivity contribution in [2.75, 3.05) is 18.9 Å². The molecule has 0 radical (unpaired) electrons. The van der Waals surface area contributed by atoms with Gasteiger partial charge in [-0.15, -0.1) is 5.10 Å². The average molecular weight is 284 g/mol. The molecule has 8 heteroatoms. The standard InChI is InChI=1S/C11H16N4O3S/c1-8(7-12)15-11-3-2-9(6-10(11)13-14-15)19(17,18)5-4-16/h2-3,6,8,16H,4-5,7,12H2,1H3. The summed E-state index contributed by atoms with van der Waals surface area (Å²) in [7, 11) is -3.47. The zero-order valence-corrected chi connectivity index (χ0v) is 11.3. The van der Waals surface area contributed by atoms with Crippen molar-refractivity contribution in [3.63, 3.8) is 0 Å². The Morgan fingerprint density at radius 1 is 1.47 bits per heavy atom. The van der Waals surface area contributed by atoms with E-state index in [2.05, 4.69) is 10.3 Å². The number of hydrogen-bond acceptors (Lipinski definition) is 6. The van der Waals surface area contributed by atoms with Crippen LogP contribution < -0.4 is 5.73 Å². The van der Waals surface area contributed by atoms with Crippen LogP contribution in [0.5, 0.6) is 0 Å². The Balaban J connectivity index is 2.49. The van der Waals surface area contributed by atoms with Crippen LogP contribution in [0.3, 0.4) is 0 Å². The molecule has 1 aromatic carbocycles. The van der Waals surface area contributed by atoms with Gasteiger partial charge < -0.3 is 10.8 Å². The van der Waals surface area contributed by atoms with Crippen molar-refractivity contribution in [3.8, 4) is 0 Å². The van der Waals surface area contributed by atoms with Crippen molar-refractivity contribution < 1.29 is 13.5 Å². The summed E-state index contributed by atoms with van der Waals surface area (Å²) < 4.78 is 25.3. The lowest BCUT2D eigenvalue weighted by molar-refractivity contribution is 0.319. The first-order valence-corrected chi connectivity index (χ1v) is 7.53. The first kappa shape index (κ1) is 13.9. The molecule has 0 aliphatic rings. The predicted molar refractivity (Wildman–Crippen MR) is 70.4 cm³/mol. The predicted octanol–water partition coefficient (Wildman–Crippen LogP) is -0.283. The number of aliphatic hydroxyl groups excluding tert-OH is 1. The van der Waals surface area contributed by atoms with E-state index in [1.807, 2.05) is 6.92 Å². The molecular formula is C11H16N4O3S.